The van der Waals surface area contributed by atoms with Gasteiger partial charge >= 0.3 is 6.09 Å². The quantitative estimate of drug-likeness (QED) is 0.787. The first kappa shape index (κ1) is 19.6. The van der Waals surface area contributed by atoms with Crippen molar-refractivity contribution in [2.24, 2.45) is 0 Å². The molecular weight excluding hydrogens is 368 g/mol. The molecule has 154 valence electrons. The molecule has 0 radical (unpaired) electrons. The van der Waals surface area contributed by atoms with E-state index >= 15 is 0 Å². The fourth-order valence-electron chi connectivity index (χ4n) is 4.24. The van der Waals surface area contributed by atoms with Gasteiger partial charge in [-0.15, -0.1) is 0 Å². The van der Waals surface area contributed by atoms with Gasteiger partial charge in [0.15, 0.2) is 11.5 Å². The van der Waals surface area contributed by atoms with Crippen molar-refractivity contribution in [3.63, 3.8) is 0 Å². The lowest BCUT2D eigenvalue weighted by molar-refractivity contribution is 0.157. The summed E-state index contributed by atoms with van der Waals surface area (Å²) in [5, 5.41) is 0. The van der Waals surface area contributed by atoms with Gasteiger partial charge in [-0.2, -0.15) is 0 Å². The SMILES string of the molecule is CCN(C)C(=O)Oc1cc2c(cc1OC)CN1CCc3cc(OC)ccc3C1C2. The average molecular weight is 396 g/mol. The minimum absolute atomic E-state index is 0.326. The van der Waals surface area contributed by atoms with Crippen molar-refractivity contribution in [2.45, 2.75) is 32.4 Å². The van der Waals surface area contributed by atoms with Gasteiger partial charge < -0.3 is 19.1 Å². The molecule has 0 saturated heterocycles. The Morgan fingerprint density at radius 1 is 1.10 bits per heavy atom. The van der Waals surface area contributed by atoms with Crippen LogP contribution in [-0.4, -0.2) is 50.2 Å². The number of benzene rings is 2. The minimum Gasteiger partial charge on any atom is -0.497 e. The molecule has 1 unspecified atom stereocenters. The smallest absolute Gasteiger partial charge is 0.415 e. The summed E-state index contributed by atoms with van der Waals surface area (Å²) in [7, 11) is 5.04. The number of ether oxygens (including phenoxy) is 3. The van der Waals surface area contributed by atoms with Gasteiger partial charge in [0.2, 0.25) is 0 Å². The molecule has 0 aromatic heterocycles. The molecule has 0 spiro atoms. The van der Waals surface area contributed by atoms with Crippen LogP contribution in [0.4, 0.5) is 4.79 Å². The van der Waals surface area contributed by atoms with Crippen LogP contribution in [0.5, 0.6) is 17.2 Å². The molecule has 0 fully saturated rings. The maximum atomic E-state index is 12.3. The Bertz CT molecular complexity index is 927. The number of carbonyl (C=O) groups is 1. The van der Waals surface area contributed by atoms with Gasteiger partial charge in [0.1, 0.15) is 5.75 Å². The highest BCUT2D eigenvalue weighted by Crippen LogP contribution is 2.42. The van der Waals surface area contributed by atoms with Crippen molar-refractivity contribution < 1.29 is 19.0 Å². The molecule has 1 atom stereocenters. The second-order valence-electron chi connectivity index (χ2n) is 7.66. The molecule has 2 aliphatic rings. The lowest BCUT2D eigenvalue weighted by Gasteiger charge is -2.41. The van der Waals surface area contributed by atoms with Crippen molar-refractivity contribution in [1.82, 2.24) is 9.80 Å². The predicted octanol–water partition coefficient (Wildman–Crippen LogP) is 3.81. The summed E-state index contributed by atoms with van der Waals surface area (Å²) in [6.07, 6.45) is 1.53. The lowest BCUT2D eigenvalue weighted by Crippen LogP contribution is -2.39. The number of methoxy groups -OCH3 is 2. The first-order chi connectivity index (χ1) is 14.0. The van der Waals surface area contributed by atoms with Crippen molar-refractivity contribution >= 4 is 6.09 Å². The third kappa shape index (κ3) is 3.65. The summed E-state index contributed by atoms with van der Waals surface area (Å²) < 4.78 is 16.5. The summed E-state index contributed by atoms with van der Waals surface area (Å²) >= 11 is 0. The Hall–Kier alpha value is -2.73. The van der Waals surface area contributed by atoms with E-state index in [1.807, 2.05) is 25.1 Å². The van der Waals surface area contributed by atoms with E-state index in [1.165, 1.54) is 27.2 Å². The molecule has 2 heterocycles. The van der Waals surface area contributed by atoms with Crippen LogP contribution in [0.2, 0.25) is 0 Å². The molecule has 1 amide bonds. The molecule has 2 aromatic carbocycles. The zero-order chi connectivity index (χ0) is 20.5. The summed E-state index contributed by atoms with van der Waals surface area (Å²) in [6.45, 7) is 4.38. The first-order valence-electron chi connectivity index (χ1n) is 10.1. The Labute approximate surface area is 172 Å². The molecule has 0 aliphatic carbocycles. The first-order valence-corrected chi connectivity index (χ1v) is 10.1. The highest BCUT2D eigenvalue weighted by atomic mass is 16.6. The zero-order valence-electron chi connectivity index (χ0n) is 17.5. The van der Waals surface area contributed by atoms with E-state index in [-0.39, 0.29) is 6.09 Å². The van der Waals surface area contributed by atoms with Crippen LogP contribution >= 0.6 is 0 Å². The van der Waals surface area contributed by atoms with Crippen LogP contribution in [-0.2, 0) is 19.4 Å². The predicted molar refractivity (Wildman–Crippen MR) is 111 cm³/mol. The van der Waals surface area contributed by atoms with Crippen LogP contribution in [0.25, 0.3) is 0 Å². The molecule has 6 nitrogen and oxygen atoms in total. The van der Waals surface area contributed by atoms with Crippen LogP contribution in [0.15, 0.2) is 30.3 Å². The van der Waals surface area contributed by atoms with E-state index in [1.54, 1.807) is 21.3 Å². The number of carbonyl (C=O) groups excluding carboxylic acids is 1. The summed E-state index contributed by atoms with van der Waals surface area (Å²) in [5.74, 6) is 1.99. The van der Waals surface area contributed by atoms with Crippen LogP contribution in [0.3, 0.4) is 0 Å². The summed E-state index contributed by atoms with van der Waals surface area (Å²) in [5.41, 5.74) is 5.16. The number of hydrogen-bond acceptors (Lipinski definition) is 5. The number of amides is 1. The Morgan fingerprint density at radius 3 is 2.62 bits per heavy atom. The monoisotopic (exact) mass is 396 g/mol. The van der Waals surface area contributed by atoms with Gasteiger partial charge in [0.25, 0.3) is 0 Å². The second-order valence-corrected chi connectivity index (χ2v) is 7.66. The molecule has 2 aromatic rings. The van der Waals surface area contributed by atoms with Crippen molar-refractivity contribution in [1.29, 1.82) is 0 Å². The fourth-order valence-corrected chi connectivity index (χ4v) is 4.24. The third-order valence-corrected chi connectivity index (χ3v) is 6.07. The summed E-state index contributed by atoms with van der Waals surface area (Å²) in [4.78, 5) is 16.3. The highest BCUT2D eigenvalue weighted by molar-refractivity contribution is 5.71. The second kappa shape index (κ2) is 7.95. The van der Waals surface area contributed by atoms with E-state index in [0.29, 0.717) is 24.1 Å². The number of hydrogen-bond donors (Lipinski definition) is 0. The fraction of sp³-hybridized carbons (Fsp3) is 0.435. The van der Waals surface area contributed by atoms with Gasteiger partial charge in [-0.25, -0.2) is 4.79 Å². The van der Waals surface area contributed by atoms with Crippen molar-refractivity contribution in [3.05, 3.63) is 52.6 Å². The van der Waals surface area contributed by atoms with Crippen LogP contribution < -0.4 is 14.2 Å². The number of fused-ring (bicyclic) bond motifs is 4. The Kier molecular flexibility index (Phi) is 5.37. The van der Waals surface area contributed by atoms with E-state index in [0.717, 1.165) is 31.7 Å². The van der Waals surface area contributed by atoms with Crippen molar-refractivity contribution in [2.75, 3.05) is 34.4 Å². The zero-order valence-corrected chi connectivity index (χ0v) is 17.5. The van der Waals surface area contributed by atoms with Gasteiger partial charge in [-0.05, 0) is 66.3 Å². The van der Waals surface area contributed by atoms with E-state index in [2.05, 4.69) is 17.0 Å². The molecule has 29 heavy (non-hydrogen) atoms. The van der Waals surface area contributed by atoms with Crippen molar-refractivity contribution in [3.8, 4) is 17.2 Å². The van der Waals surface area contributed by atoms with Crippen LogP contribution in [0.1, 0.15) is 35.2 Å². The number of rotatable bonds is 4. The third-order valence-electron chi connectivity index (χ3n) is 6.07. The topological polar surface area (TPSA) is 51.2 Å². The highest BCUT2D eigenvalue weighted by Gasteiger charge is 2.33. The van der Waals surface area contributed by atoms with Gasteiger partial charge in [-0.3, -0.25) is 4.90 Å². The van der Waals surface area contributed by atoms with E-state index in [9.17, 15) is 4.79 Å². The maximum Gasteiger partial charge on any atom is 0.415 e. The van der Waals surface area contributed by atoms with Gasteiger partial charge in [0.05, 0.1) is 14.2 Å². The molecule has 0 N–H and O–H groups in total. The molecule has 0 saturated carbocycles. The number of nitrogens with zero attached hydrogens (tertiary/aromatic N) is 2. The maximum absolute atomic E-state index is 12.3. The standard InChI is InChI=1S/C23H28N2O4/c1-5-24(2)23(26)29-22-12-16-11-20-19-7-6-18(27-3)10-15(19)8-9-25(20)14-17(16)13-21(22)28-4/h6-7,10,12-13,20H,5,8-9,11,14H2,1-4H3. The Balaban J connectivity index is 1.65. The lowest BCUT2D eigenvalue weighted by atomic mass is 9.84. The van der Waals surface area contributed by atoms with Gasteiger partial charge in [0, 0.05) is 32.7 Å². The minimum atomic E-state index is -0.377. The Morgan fingerprint density at radius 2 is 1.90 bits per heavy atom. The average Bonchev–Trinajstić information content (AvgIpc) is 2.76. The molecular formula is C23H28N2O4. The molecule has 6 heteroatoms. The largest absolute Gasteiger partial charge is 0.497 e. The molecule has 4 rings (SSSR count). The normalized spacial score (nSPS) is 17.6. The molecule has 0 bridgehead atoms. The van der Waals surface area contributed by atoms with E-state index in [4.69, 9.17) is 14.2 Å². The van der Waals surface area contributed by atoms with Crippen LogP contribution in [0, 0.1) is 0 Å². The van der Waals surface area contributed by atoms with Gasteiger partial charge in [-0.1, -0.05) is 6.07 Å². The summed E-state index contributed by atoms with van der Waals surface area (Å²) in [6, 6.07) is 10.7. The molecule has 2 aliphatic heterocycles. The van der Waals surface area contributed by atoms with E-state index < -0.39 is 0 Å².